The standard InChI is InChI=1S/C17H23NO2S/c19-15(13-6-1-2-7-13)11-18-17(20)16-14-8-4-3-5-12(14)9-10-21-16/h3-5,8,13,15-16,19H,1-2,6-7,9-11H2,(H,18,20)/t15-,16-/m1/s1. The van der Waals surface area contributed by atoms with E-state index in [0.717, 1.165) is 30.6 Å². The number of benzene rings is 1. The predicted octanol–water partition coefficient (Wildman–Crippen LogP) is 2.68. The van der Waals surface area contributed by atoms with Crippen molar-refractivity contribution in [1.82, 2.24) is 5.32 Å². The molecule has 4 heteroatoms. The third-order valence-electron chi connectivity index (χ3n) is 4.66. The summed E-state index contributed by atoms with van der Waals surface area (Å²) in [6.07, 6.45) is 5.26. The number of fused-ring (bicyclic) bond motifs is 1. The van der Waals surface area contributed by atoms with E-state index >= 15 is 0 Å². The lowest BCUT2D eigenvalue weighted by atomic mass is 10.00. The second-order valence-electron chi connectivity index (χ2n) is 6.06. The molecule has 2 aliphatic rings. The molecule has 2 atom stereocenters. The summed E-state index contributed by atoms with van der Waals surface area (Å²) >= 11 is 1.70. The molecule has 1 heterocycles. The molecule has 21 heavy (non-hydrogen) atoms. The molecule has 3 nitrogen and oxygen atoms in total. The van der Waals surface area contributed by atoms with E-state index < -0.39 is 0 Å². The van der Waals surface area contributed by atoms with Crippen molar-refractivity contribution in [3.8, 4) is 0 Å². The van der Waals surface area contributed by atoms with E-state index in [0.29, 0.717) is 12.5 Å². The summed E-state index contributed by atoms with van der Waals surface area (Å²) in [4.78, 5) is 12.4. The van der Waals surface area contributed by atoms with Crippen LogP contribution in [0.2, 0.25) is 0 Å². The van der Waals surface area contributed by atoms with Crippen LogP contribution in [-0.2, 0) is 11.2 Å². The number of hydrogen-bond donors (Lipinski definition) is 2. The number of aliphatic hydroxyl groups excluding tert-OH is 1. The first-order valence-corrected chi connectivity index (χ1v) is 8.96. The SMILES string of the molecule is O=C(NC[C@@H](O)C1CCCC1)[C@@H]1SCCc2ccccc21. The van der Waals surface area contributed by atoms with Gasteiger partial charge in [-0.3, -0.25) is 4.79 Å². The Labute approximate surface area is 130 Å². The molecule has 114 valence electrons. The summed E-state index contributed by atoms with van der Waals surface area (Å²) in [6, 6.07) is 8.20. The number of amides is 1. The van der Waals surface area contributed by atoms with E-state index in [-0.39, 0.29) is 17.3 Å². The van der Waals surface area contributed by atoms with Crippen LogP contribution in [0, 0.1) is 5.92 Å². The van der Waals surface area contributed by atoms with E-state index in [1.54, 1.807) is 11.8 Å². The highest BCUT2D eigenvalue weighted by Crippen LogP contribution is 2.36. The van der Waals surface area contributed by atoms with Crippen molar-refractivity contribution in [2.75, 3.05) is 12.3 Å². The molecular formula is C17H23NO2S. The maximum absolute atomic E-state index is 12.4. The maximum Gasteiger partial charge on any atom is 0.237 e. The van der Waals surface area contributed by atoms with Gasteiger partial charge in [-0.1, -0.05) is 37.1 Å². The number of nitrogens with one attached hydrogen (secondary N) is 1. The number of aliphatic hydroxyl groups is 1. The summed E-state index contributed by atoms with van der Waals surface area (Å²) in [7, 11) is 0. The Morgan fingerprint density at radius 3 is 2.90 bits per heavy atom. The Morgan fingerprint density at radius 2 is 2.10 bits per heavy atom. The van der Waals surface area contributed by atoms with Crippen molar-refractivity contribution < 1.29 is 9.90 Å². The number of aryl methyl sites for hydroxylation is 1. The Morgan fingerprint density at radius 1 is 1.33 bits per heavy atom. The molecule has 0 spiro atoms. The molecule has 1 amide bonds. The van der Waals surface area contributed by atoms with E-state index in [4.69, 9.17) is 0 Å². The van der Waals surface area contributed by atoms with Crippen molar-refractivity contribution in [3.05, 3.63) is 35.4 Å². The lowest BCUT2D eigenvalue weighted by molar-refractivity contribution is -0.121. The quantitative estimate of drug-likeness (QED) is 0.899. The van der Waals surface area contributed by atoms with Gasteiger partial charge >= 0.3 is 0 Å². The minimum Gasteiger partial charge on any atom is -0.391 e. The van der Waals surface area contributed by atoms with Crippen LogP contribution in [0.4, 0.5) is 0 Å². The highest BCUT2D eigenvalue weighted by atomic mass is 32.2. The van der Waals surface area contributed by atoms with Crippen LogP contribution >= 0.6 is 11.8 Å². The molecule has 0 bridgehead atoms. The van der Waals surface area contributed by atoms with Crippen LogP contribution in [0.25, 0.3) is 0 Å². The van der Waals surface area contributed by atoms with Gasteiger partial charge in [-0.2, -0.15) is 0 Å². The largest absolute Gasteiger partial charge is 0.391 e. The topological polar surface area (TPSA) is 49.3 Å². The first kappa shape index (κ1) is 14.9. The van der Waals surface area contributed by atoms with Gasteiger partial charge in [0, 0.05) is 6.54 Å². The van der Waals surface area contributed by atoms with Gasteiger partial charge in [-0.05, 0) is 42.1 Å². The minimum atomic E-state index is -0.389. The molecule has 0 aromatic heterocycles. The minimum absolute atomic E-state index is 0.0456. The van der Waals surface area contributed by atoms with Gasteiger partial charge in [0.2, 0.25) is 5.91 Å². The van der Waals surface area contributed by atoms with Crippen molar-refractivity contribution in [2.24, 2.45) is 5.92 Å². The first-order chi connectivity index (χ1) is 10.3. The van der Waals surface area contributed by atoms with Crippen molar-refractivity contribution in [1.29, 1.82) is 0 Å². The zero-order valence-corrected chi connectivity index (χ0v) is 13.1. The summed E-state index contributed by atoms with van der Waals surface area (Å²) in [5, 5.41) is 13.0. The zero-order valence-electron chi connectivity index (χ0n) is 12.3. The Kier molecular flexibility index (Phi) is 4.86. The molecule has 0 unspecified atom stereocenters. The summed E-state index contributed by atoms with van der Waals surface area (Å²) in [6.45, 7) is 0.392. The summed E-state index contributed by atoms with van der Waals surface area (Å²) in [5.41, 5.74) is 2.43. The molecule has 3 rings (SSSR count). The smallest absolute Gasteiger partial charge is 0.237 e. The second-order valence-corrected chi connectivity index (χ2v) is 7.27. The Hall–Kier alpha value is -1.00. The van der Waals surface area contributed by atoms with Crippen LogP contribution in [0.5, 0.6) is 0 Å². The maximum atomic E-state index is 12.4. The molecule has 0 saturated heterocycles. The molecule has 2 N–H and O–H groups in total. The van der Waals surface area contributed by atoms with E-state index in [1.807, 2.05) is 12.1 Å². The number of thioether (sulfide) groups is 1. The zero-order chi connectivity index (χ0) is 14.7. The Bertz CT molecular complexity index is 499. The van der Waals surface area contributed by atoms with Crippen molar-refractivity contribution >= 4 is 17.7 Å². The van der Waals surface area contributed by atoms with Gasteiger partial charge in [0.25, 0.3) is 0 Å². The van der Waals surface area contributed by atoms with E-state index in [2.05, 4.69) is 17.4 Å². The fourth-order valence-electron chi connectivity index (χ4n) is 3.42. The predicted molar refractivity (Wildman–Crippen MR) is 86.3 cm³/mol. The van der Waals surface area contributed by atoms with Crippen LogP contribution in [0.1, 0.15) is 42.1 Å². The third-order valence-corrected chi connectivity index (χ3v) is 5.90. The third kappa shape index (κ3) is 3.43. The first-order valence-electron chi connectivity index (χ1n) is 7.91. The van der Waals surface area contributed by atoms with Crippen LogP contribution in [-0.4, -0.2) is 29.4 Å². The van der Waals surface area contributed by atoms with Gasteiger partial charge in [-0.15, -0.1) is 11.8 Å². The van der Waals surface area contributed by atoms with Gasteiger partial charge in [0.1, 0.15) is 5.25 Å². The second kappa shape index (κ2) is 6.84. The average Bonchev–Trinajstić information content (AvgIpc) is 3.06. The van der Waals surface area contributed by atoms with Gasteiger partial charge in [0.05, 0.1) is 6.10 Å². The monoisotopic (exact) mass is 305 g/mol. The molecule has 1 fully saturated rings. The van der Waals surface area contributed by atoms with Gasteiger partial charge in [0.15, 0.2) is 0 Å². The summed E-state index contributed by atoms with van der Waals surface area (Å²) in [5.74, 6) is 1.40. The van der Waals surface area contributed by atoms with Gasteiger partial charge in [-0.25, -0.2) is 0 Å². The highest BCUT2D eigenvalue weighted by molar-refractivity contribution is 8.00. The number of hydrogen-bond acceptors (Lipinski definition) is 3. The number of carbonyl (C=O) groups is 1. The van der Waals surface area contributed by atoms with Gasteiger partial charge < -0.3 is 10.4 Å². The molecule has 0 radical (unpaired) electrons. The molecule has 1 aromatic carbocycles. The van der Waals surface area contributed by atoms with Crippen LogP contribution < -0.4 is 5.32 Å². The highest BCUT2D eigenvalue weighted by Gasteiger charge is 2.28. The fourth-order valence-corrected chi connectivity index (χ4v) is 4.64. The van der Waals surface area contributed by atoms with Crippen LogP contribution in [0.3, 0.4) is 0 Å². The van der Waals surface area contributed by atoms with Crippen molar-refractivity contribution in [3.63, 3.8) is 0 Å². The lowest BCUT2D eigenvalue weighted by Gasteiger charge is -2.25. The molecule has 1 aliphatic heterocycles. The Balaban J connectivity index is 1.58. The molecule has 1 saturated carbocycles. The van der Waals surface area contributed by atoms with Crippen molar-refractivity contribution in [2.45, 2.75) is 43.5 Å². The average molecular weight is 305 g/mol. The molecule has 1 aliphatic carbocycles. The lowest BCUT2D eigenvalue weighted by Crippen LogP contribution is -2.38. The summed E-state index contributed by atoms with van der Waals surface area (Å²) < 4.78 is 0. The molecule has 1 aromatic rings. The number of rotatable bonds is 4. The number of carbonyl (C=O) groups excluding carboxylic acids is 1. The molecular weight excluding hydrogens is 282 g/mol. The van der Waals surface area contributed by atoms with Crippen LogP contribution in [0.15, 0.2) is 24.3 Å². The normalized spacial score (nSPS) is 23.6. The van der Waals surface area contributed by atoms with E-state index in [1.165, 1.54) is 18.4 Å². The fraction of sp³-hybridized carbons (Fsp3) is 0.588. The van der Waals surface area contributed by atoms with E-state index in [9.17, 15) is 9.90 Å².